The molecule has 0 aliphatic carbocycles. The summed E-state index contributed by atoms with van der Waals surface area (Å²) in [5.74, 6) is 8.39. The van der Waals surface area contributed by atoms with Crippen LogP contribution in [0.25, 0.3) is 0 Å². The van der Waals surface area contributed by atoms with E-state index < -0.39 is 0 Å². The predicted octanol–water partition coefficient (Wildman–Crippen LogP) is 0.998. The summed E-state index contributed by atoms with van der Waals surface area (Å²) in [6.45, 7) is 3.98. The van der Waals surface area contributed by atoms with E-state index in [1.54, 1.807) is 0 Å². The molecule has 2 atom stereocenters. The van der Waals surface area contributed by atoms with Crippen molar-refractivity contribution in [3.05, 3.63) is 0 Å². The first-order valence-electron chi connectivity index (χ1n) is 5.00. The summed E-state index contributed by atoms with van der Waals surface area (Å²) in [4.78, 5) is 0. The van der Waals surface area contributed by atoms with Gasteiger partial charge in [-0.2, -0.15) is 11.8 Å². The van der Waals surface area contributed by atoms with Crippen LogP contribution in [0.4, 0.5) is 0 Å². The molecule has 0 aromatic carbocycles. The predicted molar refractivity (Wildman–Crippen MR) is 57.7 cm³/mol. The molecule has 1 saturated heterocycles. The molecule has 0 aromatic rings. The highest BCUT2D eigenvalue weighted by Crippen LogP contribution is 2.19. The molecule has 0 saturated carbocycles. The molecule has 1 rings (SSSR count). The van der Waals surface area contributed by atoms with E-state index in [0.717, 1.165) is 24.7 Å². The number of rotatable bonds is 5. The molecule has 0 bridgehead atoms. The molecule has 3 N–H and O–H groups in total. The second-order valence-electron chi connectivity index (χ2n) is 3.41. The topological polar surface area (TPSA) is 47.3 Å². The quantitative estimate of drug-likeness (QED) is 0.518. The number of hydrogen-bond donors (Lipinski definition) is 2. The van der Waals surface area contributed by atoms with E-state index in [9.17, 15) is 0 Å². The minimum absolute atomic E-state index is 0.422. The van der Waals surface area contributed by atoms with Crippen LogP contribution in [0.15, 0.2) is 0 Å². The smallest absolute Gasteiger partial charge is 0.0509 e. The molecule has 1 heterocycles. The molecule has 1 fully saturated rings. The first-order valence-corrected chi connectivity index (χ1v) is 6.15. The Labute approximate surface area is 84.7 Å². The molecule has 0 amide bonds. The van der Waals surface area contributed by atoms with Crippen LogP contribution in [0.1, 0.15) is 19.8 Å². The molecule has 78 valence electrons. The van der Waals surface area contributed by atoms with Crippen molar-refractivity contribution in [2.45, 2.75) is 25.8 Å². The molecule has 4 heteroatoms. The lowest BCUT2D eigenvalue weighted by Crippen LogP contribution is -2.45. The van der Waals surface area contributed by atoms with Crippen molar-refractivity contribution in [1.82, 2.24) is 5.43 Å². The molecular weight excluding hydrogens is 184 g/mol. The van der Waals surface area contributed by atoms with E-state index in [1.807, 2.05) is 11.8 Å². The summed E-state index contributed by atoms with van der Waals surface area (Å²) in [6, 6.07) is 0.422. The Bertz CT molecular complexity index is 129. The third-order valence-electron chi connectivity index (χ3n) is 2.48. The lowest BCUT2D eigenvalue weighted by molar-refractivity contribution is 0.0427. The average molecular weight is 204 g/mol. The maximum Gasteiger partial charge on any atom is 0.0509 e. The van der Waals surface area contributed by atoms with Crippen LogP contribution in [0, 0.1) is 5.92 Å². The fourth-order valence-electron chi connectivity index (χ4n) is 1.65. The van der Waals surface area contributed by atoms with Crippen molar-refractivity contribution in [1.29, 1.82) is 0 Å². The van der Waals surface area contributed by atoms with Gasteiger partial charge in [0.05, 0.1) is 6.61 Å². The van der Waals surface area contributed by atoms with Crippen molar-refractivity contribution < 1.29 is 4.74 Å². The van der Waals surface area contributed by atoms with Crippen LogP contribution in [0.2, 0.25) is 0 Å². The van der Waals surface area contributed by atoms with E-state index in [0.29, 0.717) is 12.0 Å². The largest absolute Gasteiger partial charge is 0.381 e. The average Bonchev–Trinajstić information content (AvgIpc) is 2.21. The van der Waals surface area contributed by atoms with Crippen molar-refractivity contribution >= 4 is 11.8 Å². The third-order valence-corrected chi connectivity index (χ3v) is 3.48. The maximum atomic E-state index is 5.53. The molecule has 3 nitrogen and oxygen atoms in total. The highest BCUT2D eigenvalue weighted by molar-refractivity contribution is 7.99. The Morgan fingerprint density at radius 2 is 2.54 bits per heavy atom. The number of nitrogens with one attached hydrogen (secondary N) is 1. The van der Waals surface area contributed by atoms with E-state index in [4.69, 9.17) is 10.6 Å². The van der Waals surface area contributed by atoms with E-state index in [-0.39, 0.29) is 0 Å². The molecule has 1 aliphatic rings. The van der Waals surface area contributed by atoms with Crippen LogP contribution in [-0.4, -0.2) is 30.8 Å². The zero-order chi connectivity index (χ0) is 9.52. The number of hydrazine groups is 1. The molecular formula is C9H20N2OS. The lowest BCUT2D eigenvalue weighted by Gasteiger charge is -2.29. The minimum Gasteiger partial charge on any atom is -0.381 e. The minimum atomic E-state index is 0.422. The Hall–Kier alpha value is 0.230. The zero-order valence-corrected chi connectivity index (χ0v) is 9.11. The Morgan fingerprint density at radius 1 is 1.69 bits per heavy atom. The summed E-state index contributed by atoms with van der Waals surface area (Å²) in [5.41, 5.74) is 2.91. The fraction of sp³-hybridized carbons (Fsp3) is 1.00. The summed E-state index contributed by atoms with van der Waals surface area (Å²) in [7, 11) is 0. The standard InChI is InChI=1S/C9H20N2OS/c1-2-13-7-9(11-10)8-4-3-5-12-6-8/h8-9,11H,2-7,10H2,1H3. The summed E-state index contributed by atoms with van der Waals surface area (Å²) >= 11 is 1.94. The molecule has 0 spiro atoms. The SMILES string of the molecule is CCSCC(NN)C1CCCOC1. The van der Waals surface area contributed by atoms with Gasteiger partial charge in [0.2, 0.25) is 0 Å². The van der Waals surface area contributed by atoms with Gasteiger partial charge in [-0.1, -0.05) is 6.92 Å². The van der Waals surface area contributed by atoms with Crippen molar-refractivity contribution in [2.24, 2.45) is 11.8 Å². The number of ether oxygens (including phenoxy) is 1. The van der Waals surface area contributed by atoms with Gasteiger partial charge in [0.1, 0.15) is 0 Å². The molecule has 13 heavy (non-hydrogen) atoms. The fourth-order valence-corrected chi connectivity index (χ4v) is 2.51. The first kappa shape index (κ1) is 11.3. The molecule has 2 unspecified atom stereocenters. The maximum absolute atomic E-state index is 5.53. The second kappa shape index (κ2) is 6.65. The first-order chi connectivity index (χ1) is 6.38. The van der Waals surface area contributed by atoms with Gasteiger partial charge in [0.25, 0.3) is 0 Å². The van der Waals surface area contributed by atoms with Crippen LogP contribution in [0.5, 0.6) is 0 Å². The van der Waals surface area contributed by atoms with Crippen molar-refractivity contribution in [2.75, 3.05) is 24.7 Å². The number of nitrogens with two attached hydrogens (primary N) is 1. The van der Waals surface area contributed by atoms with Gasteiger partial charge in [-0.25, -0.2) is 0 Å². The lowest BCUT2D eigenvalue weighted by atomic mass is 9.95. The second-order valence-corrected chi connectivity index (χ2v) is 4.73. The van der Waals surface area contributed by atoms with Gasteiger partial charge in [-0.15, -0.1) is 0 Å². The van der Waals surface area contributed by atoms with Gasteiger partial charge < -0.3 is 4.74 Å². The van der Waals surface area contributed by atoms with Gasteiger partial charge in [-0.05, 0) is 24.5 Å². The monoisotopic (exact) mass is 204 g/mol. The van der Waals surface area contributed by atoms with Crippen molar-refractivity contribution in [3.8, 4) is 0 Å². The summed E-state index contributed by atoms with van der Waals surface area (Å²) in [6.07, 6.45) is 2.43. The van der Waals surface area contributed by atoms with E-state index >= 15 is 0 Å². The molecule has 1 aliphatic heterocycles. The molecule has 0 radical (unpaired) electrons. The highest BCUT2D eigenvalue weighted by atomic mass is 32.2. The summed E-state index contributed by atoms with van der Waals surface area (Å²) in [5, 5.41) is 0. The Morgan fingerprint density at radius 3 is 3.08 bits per heavy atom. The number of thioether (sulfide) groups is 1. The van der Waals surface area contributed by atoms with Gasteiger partial charge in [0, 0.05) is 18.4 Å². The molecule has 0 aromatic heterocycles. The van der Waals surface area contributed by atoms with Crippen LogP contribution < -0.4 is 11.3 Å². The Balaban J connectivity index is 2.26. The van der Waals surface area contributed by atoms with Gasteiger partial charge >= 0.3 is 0 Å². The third kappa shape index (κ3) is 3.85. The number of hydrogen-bond acceptors (Lipinski definition) is 4. The Kier molecular flexibility index (Phi) is 5.78. The summed E-state index contributed by atoms with van der Waals surface area (Å²) < 4.78 is 5.44. The van der Waals surface area contributed by atoms with E-state index in [1.165, 1.54) is 12.8 Å². The van der Waals surface area contributed by atoms with Crippen LogP contribution >= 0.6 is 11.8 Å². The van der Waals surface area contributed by atoms with Gasteiger partial charge in [-0.3, -0.25) is 11.3 Å². The van der Waals surface area contributed by atoms with Gasteiger partial charge in [0.15, 0.2) is 0 Å². The van der Waals surface area contributed by atoms with E-state index in [2.05, 4.69) is 12.3 Å². The highest BCUT2D eigenvalue weighted by Gasteiger charge is 2.22. The normalized spacial score (nSPS) is 25.8. The van der Waals surface area contributed by atoms with Crippen LogP contribution in [0.3, 0.4) is 0 Å². The van der Waals surface area contributed by atoms with Crippen molar-refractivity contribution in [3.63, 3.8) is 0 Å². The zero-order valence-electron chi connectivity index (χ0n) is 8.29. The van der Waals surface area contributed by atoms with Crippen LogP contribution in [-0.2, 0) is 4.74 Å².